The van der Waals surface area contributed by atoms with E-state index >= 15 is 0 Å². The minimum atomic E-state index is -0.786. The van der Waals surface area contributed by atoms with Gasteiger partial charge in [0.05, 0.1) is 12.5 Å². The molecular weight excluding hydrogens is 266 g/mol. The lowest BCUT2D eigenvalue weighted by atomic mass is 10.00. The van der Waals surface area contributed by atoms with Crippen molar-refractivity contribution in [1.82, 2.24) is 14.5 Å². The first kappa shape index (κ1) is 13.8. The van der Waals surface area contributed by atoms with Crippen molar-refractivity contribution in [2.45, 2.75) is 32.5 Å². The van der Waals surface area contributed by atoms with Gasteiger partial charge in [-0.1, -0.05) is 24.3 Å². The second-order valence-corrected chi connectivity index (χ2v) is 5.55. The summed E-state index contributed by atoms with van der Waals surface area (Å²) in [5.41, 5.74) is 2.05. The van der Waals surface area contributed by atoms with E-state index in [0.29, 0.717) is 0 Å². The van der Waals surface area contributed by atoms with Crippen LogP contribution >= 0.6 is 0 Å². The summed E-state index contributed by atoms with van der Waals surface area (Å²) in [6, 6.07) is 7.88. The van der Waals surface area contributed by atoms with E-state index in [2.05, 4.69) is 14.5 Å². The maximum absolute atomic E-state index is 11.0. The molecular formula is C16H19N3O2. The van der Waals surface area contributed by atoms with Crippen LogP contribution < -0.4 is 0 Å². The van der Waals surface area contributed by atoms with Crippen LogP contribution in [-0.4, -0.2) is 32.1 Å². The number of aromatic nitrogens is 2. The smallest absolute Gasteiger partial charge is 0.310 e. The molecule has 5 nitrogen and oxygen atoms in total. The Bertz CT molecular complexity index is 633. The van der Waals surface area contributed by atoms with E-state index in [-0.39, 0.29) is 0 Å². The van der Waals surface area contributed by atoms with Crippen LogP contribution in [0.5, 0.6) is 0 Å². The molecule has 3 rings (SSSR count). The first-order chi connectivity index (χ1) is 10.1. The minimum Gasteiger partial charge on any atom is -0.481 e. The highest BCUT2D eigenvalue weighted by Gasteiger charge is 2.17. The summed E-state index contributed by atoms with van der Waals surface area (Å²) in [5.74, 6) is -0.135. The largest absolute Gasteiger partial charge is 0.481 e. The van der Waals surface area contributed by atoms with Crippen LogP contribution in [0, 0.1) is 0 Å². The third-order valence-corrected chi connectivity index (χ3v) is 4.08. The summed E-state index contributed by atoms with van der Waals surface area (Å²) in [4.78, 5) is 17.7. The number of hydrogen-bond donors (Lipinski definition) is 1. The molecule has 0 saturated carbocycles. The zero-order chi connectivity index (χ0) is 14.8. The van der Waals surface area contributed by atoms with E-state index in [1.165, 1.54) is 5.56 Å². The zero-order valence-electron chi connectivity index (χ0n) is 12.1. The summed E-state index contributed by atoms with van der Waals surface area (Å²) in [5, 5.41) is 9.02. The number of imidazole rings is 1. The van der Waals surface area contributed by atoms with Gasteiger partial charge in [-0.05, 0) is 18.1 Å². The van der Waals surface area contributed by atoms with Crippen LogP contribution in [0.2, 0.25) is 0 Å². The molecule has 1 atom stereocenters. The molecule has 1 aliphatic rings. The number of aliphatic carboxylic acids is 1. The number of carboxylic acids is 1. The van der Waals surface area contributed by atoms with E-state index in [0.717, 1.165) is 37.6 Å². The lowest BCUT2D eigenvalue weighted by Crippen LogP contribution is -2.33. The maximum atomic E-state index is 11.0. The van der Waals surface area contributed by atoms with Crippen molar-refractivity contribution in [3.05, 3.63) is 53.6 Å². The van der Waals surface area contributed by atoms with Crippen molar-refractivity contribution >= 4 is 5.97 Å². The molecule has 5 heteroatoms. The molecule has 0 bridgehead atoms. The summed E-state index contributed by atoms with van der Waals surface area (Å²) < 4.78 is 2.19. The van der Waals surface area contributed by atoms with Crippen molar-refractivity contribution < 1.29 is 9.90 Å². The molecule has 0 fully saturated rings. The second-order valence-electron chi connectivity index (χ2n) is 5.55. The molecule has 2 aromatic rings. The Labute approximate surface area is 123 Å². The normalized spacial score (nSPS) is 16.4. The fourth-order valence-electron chi connectivity index (χ4n) is 2.67. The van der Waals surface area contributed by atoms with E-state index in [4.69, 9.17) is 5.11 Å². The predicted molar refractivity (Wildman–Crippen MR) is 78.8 cm³/mol. The second kappa shape index (κ2) is 5.69. The molecule has 1 aliphatic heterocycles. The van der Waals surface area contributed by atoms with Crippen LogP contribution in [-0.2, 0) is 24.4 Å². The Morgan fingerprint density at radius 3 is 2.81 bits per heavy atom. The Hall–Kier alpha value is -2.14. The average Bonchev–Trinajstić information content (AvgIpc) is 2.95. The minimum absolute atomic E-state index is 0.457. The lowest BCUT2D eigenvalue weighted by molar-refractivity contribution is -0.138. The molecule has 1 aromatic carbocycles. The Kier molecular flexibility index (Phi) is 3.75. The molecule has 0 saturated heterocycles. The van der Waals surface area contributed by atoms with Gasteiger partial charge in [-0.2, -0.15) is 0 Å². The number of hydrogen-bond acceptors (Lipinski definition) is 3. The lowest BCUT2D eigenvalue weighted by Gasteiger charge is -2.27. The Morgan fingerprint density at radius 1 is 1.33 bits per heavy atom. The van der Waals surface area contributed by atoms with Crippen LogP contribution in [0.3, 0.4) is 0 Å². The summed E-state index contributed by atoms with van der Waals surface area (Å²) in [7, 11) is 0. The number of benzene rings is 1. The monoisotopic (exact) mass is 285 g/mol. The number of nitrogens with zero attached hydrogens (tertiary/aromatic N) is 3. The zero-order valence-corrected chi connectivity index (χ0v) is 12.1. The van der Waals surface area contributed by atoms with Crippen LogP contribution in [0.15, 0.2) is 36.7 Å². The average molecular weight is 285 g/mol. The van der Waals surface area contributed by atoms with Gasteiger partial charge < -0.3 is 9.67 Å². The molecule has 0 radical (unpaired) electrons. The number of carboxylic acid groups (broad SMARTS) is 1. The molecule has 0 amide bonds. The van der Waals surface area contributed by atoms with E-state index < -0.39 is 11.9 Å². The highest BCUT2D eigenvalue weighted by atomic mass is 16.4. The molecule has 1 unspecified atom stereocenters. The molecule has 0 aliphatic carbocycles. The van der Waals surface area contributed by atoms with Crippen LogP contribution in [0.25, 0.3) is 0 Å². The van der Waals surface area contributed by atoms with E-state index in [1.54, 1.807) is 6.92 Å². The highest BCUT2D eigenvalue weighted by Crippen LogP contribution is 2.18. The van der Waals surface area contributed by atoms with Gasteiger partial charge in [-0.3, -0.25) is 9.69 Å². The van der Waals surface area contributed by atoms with Crippen LogP contribution in [0.1, 0.15) is 29.8 Å². The fourth-order valence-corrected chi connectivity index (χ4v) is 2.67. The van der Waals surface area contributed by atoms with Gasteiger partial charge in [-0.25, -0.2) is 4.98 Å². The molecule has 110 valence electrons. The van der Waals surface area contributed by atoms with Gasteiger partial charge >= 0.3 is 5.97 Å². The van der Waals surface area contributed by atoms with Gasteiger partial charge in [0.2, 0.25) is 0 Å². The molecule has 1 N–H and O–H groups in total. The van der Waals surface area contributed by atoms with Crippen molar-refractivity contribution in [3.63, 3.8) is 0 Å². The van der Waals surface area contributed by atoms with E-state index in [9.17, 15) is 4.79 Å². The van der Waals surface area contributed by atoms with Crippen molar-refractivity contribution in [2.75, 3.05) is 6.54 Å². The highest BCUT2D eigenvalue weighted by molar-refractivity contribution is 5.75. The van der Waals surface area contributed by atoms with Crippen molar-refractivity contribution in [2.24, 2.45) is 0 Å². The fraction of sp³-hybridized carbons (Fsp3) is 0.375. The summed E-state index contributed by atoms with van der Waals surface area (Å²) >= 11 is 0. The number of carbonyl (C=O) groups is 1. The van der Waals surface area contributed by atoms with Crippen LogP contribution in [0.4, 0.5) is 0 Å². The van der Waals surface area contributed by atoms with Crippen molar-refractivity contribution in [1.29, 1.82) is 0 Å². The van der Waals surface area contributed by atoms with Gasteiger partial charge in [0, 0.05) is 32.0 Å². The number of rotatable bonds is 4. The summed E-state index contributed by atoms with van der Waals surface area (Å²) in [6.07, 6.45) is 3.87. The molecule has 0 spiro atoms. The third-order valence-electron chi connectivity index (χ3n) is 4.08. The third kappa shape index (κ3) is 2.97. The topological polar surface area (TPSA) is 58.4 Å². The SMILES string of the molecule is CC(C(=O)O)c1ccc(CN2CCn3ccnc3C2)cc1. The van der Waals surface area contributed by atoms with Crippen molar-refractivity contribution in [3.8, 4) is 0 Å². The van der Waals surface area contributed by atoms with Gasteiger partial charge in [0.1, 0.15) is 5.82 Å². The Morgan fingerprint density at radius 2 is 2.10 bits per heavy atom. The number of fused-ring (bicyclic) bond motifs is 1. The van der Waals surface area contributed by atoms with E-state index in [1.807, 2.05) is 36.7 Å². The maximum Gasteiger partial charge on any atom is 0.310 e. The first-order valence-corrected chi connectivity index (χ1v) is 7.17. The van der Waals surface area contributed by atoms with Gasteiger partial charge in [-0.15, -0.1) is 0 Å². The first-order valence-electron chi connectivity index (χ1n) is 7.17. The molecule has 21 heavy (non-hydrogen) atoms. The molecule has 2 heterocycles. The quantitative estimate of drug-likeness (QED) is 0.934. The standard InChI is InChI=1S/C16H19N3O2/c1-12(16(20)21)14-4-2-13(3-5-14)10-18-8-9-19-7-6-17-15(19)11-18/h2-7,12H,8-11H2,1H3,(H,20,21). The Balaban J connectivity index is 1.65. The van der Waals surface area contributed by atoms with Gasteiger partial charge in [0.15, 0.2) is 0 Å². The molecule has 1 aromatic heterocycles. The van der Waals surface area contributed by atoms with Gasteiger partial charge in [0.25, 0.3) is 0 Å². The summed E-state index contributed by atoms with van der Waals surface area (Å²) in [6.45, 7) is 5.43. The predicted octanol–water partition coefficient (Wildman–Crippen LogP) is 2.09.